The van der Waals surface area contributed by atoms with Crippen LogP contribution in [-0.4, -0.2) is 4.98 Å². The molecule has 1 N–H and O–H groups in total. The van der Waals surface area contributed by atoms with Gasteiger partial charge in [0.25, 0.3) is 0 Å². The third-order valence-corrected chi connectivity index (χ3v) is 2.72. The van der Waals surface area contributed by atoms with E-state index in [1.54, 1.807) is 0 Å². The van der Waals surface area contributed by atoms with Crippen molar-refractivity contribution in [1.82, 2.24) is 4.98 Å². The van der Waals surface area contributed by atoms with Gasteiger partial charge in [0.1, 0.15) is 0 Å². The smallest absolute Gasteiger partial charge is 0.0191 e. The van der Waals surface area contributed by atoms with Gasteiger partial charge < -0.3 is 4.98 Å². The quantitative estimate of drug-likeness (QED) is 0.769. The standard InChI is InChI=1S/C15H17N/c1-11-4-6-14(7-5-11)8-9-15-10-12(2)16-13(15)3/h4-10,16H,1-3H3. The van der Waals surface area contributed by atoms with Gasteiger partial charge in [0.2, 0.25) is 0 Å². The van der Waals surface area contributed by atoms with Gasteiger partial charge in [-0.1, -0.05) is 42.0 Å². The average Bonchev–Trinajstić information content (AvgIpc) is 2.57. The summed E-state index contributed by atoms with van der Waals surface area (Å²) >= 11 is 0. The first-order valence-electron chi connectivity index (χ1n) is 5.56. The van der Waals surface area contributed by atoms with E-state index in [2.05, 4.69) is 68.2 Å². The maximum absolute atomic E-state index is 3.30. The van der Waals surface area contributed by atoms with Crippen LogP contribution in [0, 0.1) is 20.8 Å². The van der Waals surface area contributed by atoms with Gasteiger partial charge >= 0.3 is 0 Å². The van der Waals surface area contributed by atoms with Crippen LogP contribution in [0.25, 0.3) is 12.2 Å². The van der Waals surface area contributed by atoms with Gasteiger partial charge in [-0.05, 0) is 38.0 Å². The predicted molar refractivity (Wildman–Crippen MR) is 70.4 cm³/mol. The van der Waals surface area contributed by atoms with E-state index < -0.39 is 0 Å². The Labute approximate surface area is 96.8 Å². The molecule has 0 aliphatic carbocycles. The molecule has 1 aromatic heterocycles. The number of benzene rings is 1. The Morgan fingerprint density at radius 3 is 2.19 bits per heavy atom. The molecule has 2 aromatic rings. The van der Waals surface area contributed by atoms with E-state index in [9.17, 15) is 0 Å². The number of nitrogens with one attached hydrogen (secondary N) is 1. The van der Waals surface area contributed by atoms with E-state index >= 15 is 0 Å². The number of hydrogen-bond acceptors (Lipinski definition) is 0. The Bertz CT molecular complexity index is 501. The summed E-state index contributed by atoms with van der Waals surface area (Å²) in [6.45, 7) is 6.28. The molecular weight excluding hydrogens is 194 g/mol. The van der Waals surface area contributed by atoms with Crippen molar-refractivity contribution in [2.24, 2.45) is 0 Å². The number of hydrogen-bond donors (Lipinski definition) is 1. The maximum Gasteiger partial charge on any atom is 0.0191 e. The summed E-state index contributed by atoms with van der Waals surface area (Å²) in [6.07, 6.45) is 4.30. The molecule has 1 heteroatoms. The van der Waals surface area contributed by atoms with Crippen molar-refractivity contribution in [3.63, 3.8) is 0 Å². The highest BCUT2D eigenvalue weighted by Crippen LogP contribution is 2.14. The fourth-order valence-electron chi connectivity index (χ4n) is 1.78. The molecule has 0 radical (unpaired) electrons. The second-order valence-electron chi connectivity index (χ2n) is 4.28. The zero-order valence-electron chi connectivity index (χ0n) is 10.0. The molecule has 1 nitrogen and oxygen atoms in total. The molecule has 0 saturated heterocycles. The van der Waals surface area contributed by atoms with Crippen molar-refractivity contribution in [2.75, 3.05) is 0 Å². The van der Waals surface area contributed by atoms with Gasteiger partial charge in [0, 0.05) is 11.4 Å². The second-order valence-corrected chi connectivity index (χ2v) is 4.28. The Morgan fingerprint density at radius 2 is 1.62 bits per heavy atom. The molecule has 0 spiro atoms. The van der Waals surface area contributed by atoms with Crippen molar-refractivity contribution in [1.29, 1.82) is 0 Å². The highest BCUT2D eigenvalue weighted by Gasteiger charge is 1.97. The molecule has 0 fully saturated rings. The zero-order chi connectivity index (χ0) is 11.5. The molecule has 0 aliphatic heterocycles. The minimum Gasteiger partial charge on any atom is -0.362 e. The highest BCUT2D eigenvalue weighted by molar-refractivity contribution is 5.71. The minimum atomic E-state index is 1.21. The lowest BCUT2D eigenvalue weighted by molar-refractivity contribution is 1.19. The lowest BCUT2D eigenvalue weighted by atomic mass is 10.1. The van der Waals surface area contributed by atoms with Gasteiger partial charge in [-0.3, -0.25) is 0 Å². The molecule has 16 heavy (non-hydrogen) atoms. The van der Waals surface area contributed by atoms with E-state index in [1.807, 2.05) is 0 Å². The Hall–Kier alpha value is -1.76. The average molecular weight is 211 g/mol. The van der Waals surface area contributed by atoms with E-state index in [0.717, 1.165) is 0 Å². The number of aromatic amines is 1. The van der Waals surface area contributed by atoms with Gasteiger partial charge in [-0.15, -0.1) is 0 Å². The Balaban J connectivity index is 2.21. The number of H-pyrrole nitrogens is 1. The van der Waals surface area contributed by atoms with Crippen molar-refractivity contribution in [3.05, 3.63) is 58.4 Å². The van der Waals surface area contributed by atoms with Crippen molar-refractivity contribution >= 4 is 12.2 Å². The Kier molecular flexibility index (Phi) is 2.95. The van der Waals surface area contributed by atoms with Crippen molar-refractivity contribution in [3.8, 4) is 0 Å². The molecule has 1 aromatic carbocycles. The normalized spacial score (nSPS) is 11.2. The molecule has 1 heterocycles. The van der Waals surface area contributed by atoms with E-state index in [4.69, 9.17) is 0 Å². The minimum absolute atomic E-state index is 1.21. The maximum atomic E-state index is 3.30. The van der Waals surface area contributed by atoms with Crippen LogP contribution in [-0.2, 0) is 0 Å². The number of aryl methyl sites for hydroxylation is 3. The summed E-state index contributed by atoms with van der Waals surface area (Å²) in [5, 5.41) is 0. The fourth-order valence-corrected chi connectivity index (χ4v) is 1.78. The molecule has 2 rings (SSSR count). The lowest BCUT2D eigenvalue weighted by Crippen LogP contribution is -1.75. The van der Waals surface area contributed by atoms with E-state index in [1.165, 1.54) is 28.1 Å². The molecule has 0 atom stereocenters. The van der Waals surface area contributed by atoms with E-state index in [0.29, 0.717) is 0 Å². The van der Waals surface area contributed by atoms with Crippen molar-refractivity contribution in [2.45, 2.75) is 20.8 Å². The van der Waals surface area contributed by atoms with Gasteiger partial charge in [0.05, 0.1) is 0 Å². The third-order valence-electron chi connectivity index (χ3n) is 2.72. The van der Waals surface area contributed by atoms with Crippen LogP contribution in [0.3, 0.4) is 0 Å². The monoisotopic (exact) mass is 211 g/mol. The van der Waals surface area contributed by atoms with Gasteiger partial charge in [-0.2, -0.15) is 0 Å². The van der Waals surface area contributed by atoms with Crippen LogP contribution in [0.2, 0.25) is 0 Å². The first-order chi connectivity index (χ1) is 7.65. The van der Waals surface area contributed by atoms with Crippen LogP contribution >= 0.6 is 0 Å². The molecular formula is C15H17N. The first-order valence-corrected chi connectivity index (χ1v) is 5.56. The summed E-state index contributed by atoms with van der Waals surface area (Å²) in [5.74, 6) is 0. The third kappa shape index (κ3) is 2.43. The topological polar surface area (TPSA) is 15.8 Å². The zero-order valence-corrected chi connectivity index (χ0v) is 10.0. The summed E-state index contributed by atoms with van der Waals surface area (Å²) in [4.78, 5) is 3.30. The molecule has 0 unspecified atom stereocenters. The molecule has 0 amide bonds. The highest BCUT2D eigenvalue weighted by atomic mass is 14.7. The van der Waals surface area contributed by atoms with Crippen LogP contribution in [0.5, 0.6) is 0 Å². The van der Waals surface area contributed by atoms with E-state index in [-0.39, 0.29) is 0 Å². The molecule has 0 bridgehead atoms. The van der Waals surface area contributed by atoms with Crippen molar-refractivity contribution < 1.29 is 0 Å². The summed E-state index contributed by atoms with van der Waals surface area (Å²) in [7, 11) is 0. The van der Waals surface area contributed by atoms with Crippen LogP contribution < -0.4 is 0 Å². The number of aromatic nitrogens is 1. The van der Waals surface area contributed by atoms with Gasteiger partial charge in [0.15, 0.2) is 0 Å². The summed E-state index contributed by atoms with van der Waals surface area (Å²) < 4.78 is 0. The molecule has 0 aliphatic rings. The lowest BCUT2D eigenvalue weighted by Gasteiger charge is -1.95. The molecule has 82 valence electrons. The predicted octanol–water partition coefficient (Wildman–Crippen LogP) is 4.11. The van der Waals surface area contributed by atoms with Crippen LogP contribution in [0.15, 0.2) is 30.3 Å². The SMILES string of the molecule is Cc1ccc(C=Cc2cc(C)[nH]c2C)cc1. The summed E-state index contributed by atoms with van der Waals surface area (Å²) in [6, 6.07) is 10.7. The molecule has 0 saturated carbocycles. The fraction of sp³-hybridized carbons (Fsp3) is 0.200. The Morgan fingerprint density at radius 1 is 0.938 bits per heavy atom. The second kappa shape index (κ2) is 4.40. The number of rotatable bonds is 2. The van der Waals surface area contributed by atoms with Gasteiger partial charge in [-0.25, -0.2) is 0 Å². The largest absolute Gasteiger partial charge is 0.362 e. The van der Waals surface area contributed by atoms with Crippen LogP contribution in [0.4, 0.5) is 0 Å². The van der Waals surface area contributed by atoms with Crippen LogP contribution in [0.1, 0.15) is 28.1 Å². The first kappa shape index (κ1) is 10.7. The summed E-state index contributed by atoms with van der Waals surface area (Å²) in [5.41, 5.74) is 6.23.